The highest BCUT2D eigenvalue weighted by molar-refractivity contribution is 7.09. The molecule has 0 aromatic carbocycles. The van der Waals surface area contributed by atoms with E-state index in [-0.39, 0.29) is 19.0 Å². The number of esters is 1. The summed E-state index contributed by atoms with van der Waals surface area (Å²) in [6, 6.07) is 4.00. The predicted octanol–water partition coefficient (Wildman–Crippen LogP) is 0.486. The fraction of sp³-hybridized carbons (Fsp3) is 0.538. The Morgan fingerprint density at radius 2 is 2.20 bits per heavy atom. The number of thiophene rings is 1. The van der Waals surface area contributed by atoms with Crippen LogP contribution in [0.1, 0.15) is 4.88 Å². The van der Waals surface area contributed by atoms with Gasteiger partial charge in [0, 0.05) is 25.1 Å². The van der Waals surface area contributed by atoms with Crippen molar-refractivity contribution in [2.75, 3.05) is 40.5 Å². The van der Waals surface area contributed by atoms with Crippen molar-refractivity contribution in [3.63, 3.8) is 0 Å². The van der Waals surface area contributed by atoms with Gasteiger partial charge in [-0.25, -0.2) is 0 Å². The first kappa shape index (κ1) is 16.6. The molecule has 0 bridgehead atoms. The van der Waals surface area contributed by atoms with Crippen LogP contribution >= 0.6 is 11.3 Å². The van der Waals surface area contributed by atoms with E-state index in [1.54, 1.807) is 18.4 Å². The van der Waals surface area contributed by atoms with Gasteiger partial charge in [-0.15, -0.1) is 11.3 Å². The summed E-state index contributed by atoms with van der Waals surface area (Å²) < 4.78 is 9.51. The molecular weight excluding hydrogens is 280 g/mol. The molecule has 0 aliphatic carbocycles. The SMILES string of the molecule is COCCN(CC(=O)NCC(=O)OC)Cc1cccs1. The van der Waals surface area contributed by atoms with E-state index >= 15 is 0 Å². The number of hydrogen-bond acceptors (Lipinski definition) is 6. The van der Waals surface area contributed by atoms with E-state index < -0.39 is 5.97 Å². The molecule has 0 saturated carbocycles. The van der Waals surface area contributed by atoms with E-state index in [2.05, 4.69) is 10.1 Å². The van der Waals surface area contributed by atoms with Crippen molar-refractivity contribution in [1.82, 2.24) is 10.2 Å². The molecule has 0 aliphatic heterocycles. The second-order valence-electron chi connectivity index (χ2n) is 4.14. The highest BCUT2D eigenvalue weighted by atomic mass is 32.1. The van der Waals surface area contributed by atoms with Crippen molar-refractivity contribution >= 4 is 23.2 Å². The number of methoxy groups -OCH3 is 2. The third-order valence-corrected chi connectivity index (χ3v) is 3.46. The Balaban J connectivity index is 2.42. The minimum atomic E-state index is -0.458. The smallest absolute Gasteiger partial charge is 0.325 e. The number of carbonyl (C=O) groups excluding carboxylic acids is 2. The van der Waals surface area contributed by atoms with Crippen LogP contribution in [0.3, 0.4) is 0 Å². The van der Waals surface area contributed by atoms with Gasteiger partial charge in [-0.3, -0.25) is 14.5 Å². The predicted molar refractivity (Wildman–Crippen MR) is 76.5 cm³/mol. The summed E-state index contributed by atoms with van der Waals surface area (Å²) >= 11 is 1.65. The van der Waals surface area contributed by atoms with Crippen LogP contribution in [0, 0.1) is 0 Å². The number of hydrogen-bond donors (Lipinski definition) is 1. The van der Waals surface area contributed by atoms with Crippen LogP contribution in [0.5, 0.6) is 0 Å². The normalized spacial score (nSPS) is 10.6. The first-order valence-electron chi connectivity index (χ1n) is 6.23. The number of nitrogens with one attached hydrogen (secondary N) is 1. The van der Waals surface area contributed by atoms with Gasteiger partial charge in [0.1, 0.15) is 6.54 Å². The standard InChI is InChI=1S/C13H20N2O4S/c1-18-6-5-15(9-11-4-3-7-20-11)10-12(16)14-8-13(17)19-2/h3-4,7H,5-6,8-10H2,1-2H3,(H,14,16). The van der Waals surface area contributed by atoms with Gasteiger partial charge in [0.05, 0.1) is 20.3 Å². The third-order valence-electron chi connectivity index (χ3n) is 2.60. The Labute approximate surface area is 122 Å². The Bertz CT molecular complexity index is 409. The topological polar surface area (TPSA) is 67.9 Å². The van der Waals surface area contributed by atoms with Gasteiger partial charge < -0.3 is 14.8 Å². The second-order valence-corrected chi connectivity index (χ2v) is 5.17. The van der Waals surface area contributed by atoms with E-state index in [9.17, 15) is 9.59 Å². The van der Waals surface area contributed by atoms with Gasteiger partial charge in [0.2, 0.25) is 5.91 Å². The summed E-state index contributed by atoms with van der Waals surface area (Å²) in [5, 5.41) is 4.53. The quantitative estimate of drug-likeness (QED) is 0.672. The summed E-state index contributed by atoms with van der Waals surface area (Å²) in [4.78, 5) is 25.9. The Morgan fingerprint density at radius 3 is 2.80 bits per heavy atom. The number of amides is 1. The summed E-state index contributed by atoms with van der Waals surface area (Å²) in [5.74, 6) is -0.664. The van der Waals surface area contributed by atoms with E-state index in [0.717, 1.165) is 0 Å². The van der Waals surface area contributed by atoms with Gasteiger partial charge in [0.25, 0.3) is 0 Å². The molecule has 20 heavy (non-hydrogen) atoms. The monoisotopic (exact) mass is 300 g/mol. The van der Waals surface area contributed by atoms with Crippen molar-refractivity contribution in [3.05, 3.63) is 22.4 Å². The lowest BCUT2D eigenvalue weighted by molar-refractivity contribution is -0.141. The van der Waals surface area contributed by atoms with Gasteiger partial charge in [-0.1, -0.05) is 6.07 Å². The fourth-order valence-corrected chi connectivity index (χ4v) is 2.31. The third kappa shape index (κ3) is 6.65. The van der Waals surface area contributed by atoms with Crippen molar-refractivity contribution < 1.29 is 19.1 Å². The van der Waals surface area contributed by atoms with Crippen LogP contribution in [0.4, 0.5) is 0 Å². The van der Waals surface area contributed by atoms with E-state index in [1.807, 2.05) is 22.4 Å². The van der Waals surface area contributed by atoms with Crippen molar-refractivity contribution in [2.45, 2.75) is 6.54 Å². The summed E-state index contributed by atoms with van der Waals surface area (Å²) in [6.45, 7) is 2.01. The maximum atomic E-state index is 11.8. The van der Waals surface area contributed by atoms with Crippen molar-refractivity contribution in [2.24, 2.45) is 0 Å². The molecule has 6 nitrogen and oxygen atoms in total. The largest absolute Gasteiger partial charge is 0.468 e. The maximum Gasteiger partial charge on any atom is 0.325 e. The Kier molecular flexibility index (Phi) is 7.86. The van der Waals surface area contributed by atoms with Crippen molar-refractivity contribution in [1.29, 1.82) is 0 Å². The molecule has 0 fully saturated rings. The lowest BCUT2D eigenvalue weighted by Gasteiger charge is -2.20. The minimum Gasteiger partial charge on any atom is -0.468 e. The molecule has 1 aromatic heterocycles. The van der Waals surface area contributed by atoms with E-state index in [1.165, 1.54) is 12.0 Å². The molecule has 1 rings (SSSR count). The molecule has 1 amide bonds. The van der Waals surface area contributed by atoms with Gasteiger partial charge in [-0.2, -0.15) is 0 Å². The van der Waals surface area contributed by atoms with Crippen LogP contribution in [-0.2, 0) is 25.6 Å². The number of nitrogens with zero attached hydrogens (tertiary/aromatic N) is 1. The average Bonchev–Trinajstić information content (AvgIpc) is 2.95. The molecule has 0 radical (unpaired) electrons. The first-order valence-corrected chi connectivity index (χ1v) is 7.11. The van der Waals surface area contributed by atoms with Gasteiger partial charge in [-0.05, 0) is 11.4 Å². The summed E-state index contributed by atoms with van der Waals surface area (Å²) in [6.07, 6.45) is 0. The van der Waals surface area contributed by atoms with E-state index in [0.29, 0.717) is 19.7 Å². The molecule has 0 aliphatic rings. The van der Waals surface area contributed by atoms with E-state index in [4.69, 9.17) is 4.74 Å². The van der Waals surface area contributed by atoms with Crippen LogP contribution in [0.2, 0.25) is 0 Å². The maximum absolute atomic E-state index is 11.8. The zero-order chi connectivity index (χ0) is 14.8. The highest BCUT2D eigenvalue weighted by Gasteiger charge is 2.12. The molecule has 1 heterocycles. The number of carbonyl (C=O) groups is 2. The van der Waals surface area contributed by atoms with Gasteiger partial charge in [0.15, 0.2) is 0 Å². The van der Waals surface area contributed by atoms with Crippen LogP contribution < -0.4 is 5.32 Å². The molecule has 0 atom stereocenters. The lowest BCUT2D eigenvalue weighted by Crippen LogP contribution is -2.40. The number of rotatable bonds is 9. The summed E-state index contributed by atoms with van der Waals surface area (Å²) in [7, 11) is 2.91. The minimum absolute atomic E-state index is 0.105. The number of ether oxygens (including phenoxy) is 2. The zero-order valence-corrected chi connectivity index (χ0v) is 12.6. The van der Waals surface area contributed by atoms with Crippen LogP contribution in [-0.4, -0.2) is 57.2 Å². The van der Waals surface area contributed by atoms with Crippen LogP contribution in [0.15, 0.2) is 17.5 Å². The highest BCUT2D eigenvalue weighted by Crippen LogP contribution is 2.11. The fourth-order valence-electron chi connectivity index (χ4n) is 1.56. The van der Waals surface area contributed by atoms with Crippen LogP contribution in [0.25, 0.3) is 0 Å². The second kappa shape index (κ2) is 9.46. The van der Waals surface area contributed by atoms with Gasteiger partial charge >= 0.3 is 5.97 Å². The molecule has 1 N–H and O–H groups in total. The average molecular weight is 300 g/mol. The molecule has 0 unspecified atom stereocenters. The van der Waals surface area contributed by atoms with Crippen molar-refractivity contribution in [3.8, 4) is 0 Å². The molecule has 1 aromatic rings. The molecular formula is C13H20N2O4S. The molecule has 0 saturated heterocycles. The molecule has 7 heteroatoms. The Hall–Kier alpha value is -1.44. The zero-order valence-electron chi connectivity index (χ0n) is 11.8. The lowest BCUT2D eigenvalue weighted by atomic mass is 10.4. The molecule has 112 valence electrons. The molecule has 0 spiro atoms. The Morgan fingerprint density at radius 1 is 1.40 bits per heavy atom. The first-order chi connectivity index (χ1) is 9.65. The summed E-state index contributed by atoms with van der Waals surface area (Å²) in [5.41, 5.74) is 0.